The normalized spacial score (nSPS) is 18.8. The molecule has 1 fully saturated rings. The van der Waals surface area contributed by atoms with Crippen molar-refractivity contribution in [1.29, 1.82) is 0 Å². The van der Waals surface area contributed by atoms with E-state index in [1.165, 1.54) is 0 Å². The lowest BCUT2D eigenvalue weighted by molar-refractivity contribution is -0.125. The van der Waals surface area contributed by atoms with Crippen LogP contribution in [-0.2, 0) is 16.1 Å². The highest BCUT2D eigenvalue weighted by Gasteiger charge is 2.47. The maximum absolute atomic E-state index is 12.2. The number of hydrogen-bond donors (Lipinski definition) is 2. The van der Waals surface area contributed by atoms with Crippen LogP contribution in [0.3, 0.4) is 0 Å². The lowest BCUT2D eigenvalue weighted by Gasteiger charge is -2.07. The van der Waals surface area contributed by atoms with E-state index in [-0.39, 0.29) is 23.7 Å². The standard InChI is InChI=1S/C18H16Cl2N2O2/c19-12-5-3-6-13(8-12)22-18(24)15-9-14(15)17(23)21-10-11-4-1-2-7-16(11)20/h1-8,14-15H,9-10H2,(H,21,23)(H,22,24). The molecule has 0 saturated heterocycles. The monoisotopic (exact) mass is 362 g/mol. The smallest absolute Gasteiger partial charge is 0.228 e. The van der Waals surface area contributed by atoms with Gasteiger partial charge in [-0.2, -0.15) is 0 Å². The summed E-state index contributed by atoms with van der Waals surface area (Å²) in [6.45, 7) is 0.359. The van der Waals surface area contributed by atoms with E-state index in [1.807, 2.05) is 18.2 Å². The van der Waals surface area contributed by atoms with Crippen molar-refractivity contribution < 1.29 is 9.59 Å². The highest BCUT2D eigenvalue weighted by Crippen LogP contribution is 2.39. The lowest BCUT2D eigenvalue weighted by Crippen LogP contribution is -2.27. The van der Waals surface area contributed by atoms with Crippen molar-refractivity contribution in [2.75, 3.05) is 5.32 Å². The summed E-state index contributed by atoms with van der Waals surface area (Å²) in [4.78, 5) is 24.3. The van der Waals surface area contributed by atoms with E-state index >= 15 is 0 Å². The second kappa shape index (κ2) is 7.24. The predicted octanol–water partition coefficient (Wildman–Crippen LogP) is 3.88. The van der Waals surface area contributed by atoms with Gasteiger partial charge in [-0.05, 0) is 36.2 Å². The van der Waals surface area contributed by atoms with Crippen molar-refractivity contribution in [2.45, 2.75) is 13.0 Å². The maximum Gasteiger partial charge on any atom is 0.228 e. The number of anilines is 1. The Labute approximate surface area is 150 Å². The number of halogens is 2. The topological polar surface area (TPSA) is 58.2 Å². The summed E-state index contributed by atoms with van der Waals surface area (Å²) in [6, 6.07) is 14.3. The summed E-state index contributed by atoms with van der Waals surface area (Å²) in [6.07, 6.45) is 0.556. The third kappa shape index (κ3) is 4.08. The van der Waals surface area contributed by atoms with E-state index in [0.717, 1.165) is 5.56 Å². The molecule has 1 saturated carbocycles. The third-order valence-electron chi connectivity index (χ3n) is 3.97. The summed E-state index contributed by atoms with van der Waals surface area (Å²) in [5.74, 6) is -0.863. The van der Waals surface area contributed by atoms with E-state index < -0.39 is 0 Å². The van der Waals surface area contributed by atoms with Crippen LogP contribution in [0, 0.1) is 11.8 Å². The van der Waals surface area contributed by atoms with Crippen LogP contribution in [0.2, 0.25) is 10.0 Å². The van der Waals surface area contributed by atoms with Gasteiger partial charge in [0.05, 0.1) is 11.8 Å². The van der Waals surface area contributed by atoms with Gasteiger partial charge in [0.15, 0.2) is 0 Å². The molecule has 6 heteroatoms. The minimum atomic E-state index is -0.296. The van der Waals surface area contributed by atoms with Crippen LogP contribution in [-0.4, -0.2) is 11.8 Å². The fourth-order valence-corrected chi connectivity index (χ4v) is 2.92. The molecule has 4 nitrogen and oxygen atoms in total. The molecule has 124 valence electrons. The first-order chi connectivity index (χ1) is 11.5. The van der Waals surface area contributed by atoms with Crippen LogP contribution < -0.4 is 10.6 Å². The Morgan fingerprint density at radius 1 is 1.00 bits per heavy atom. The molecule has 1 aliphatic carbocycles. The SMILES string of the molecule is O=C(NCc1ccccc1Cl)C1CC1C(=O)Nc1cccc(Cl)c1. The summed E-state index contributed by atoms with van der Waals surface area (Å²) >= 11 is 11.9. The Bertz CT molecular complexity index is 779. The number of amides is 2. The first-order valence-corrected chi connectivity index (χ1v) is 8.38. The maximum atomic E-state index is 12.2. The second-order valence-corrected chi connectivity index (χ2v) is 6.60. The summed E-state index contributed by atoms with van der Waals surface area (Å²) in [7, 11) is 0. The molecule has 0 heterocycles. The first-order valence-electron chi connectivity index (χ1n) is 7.62. The molecule has 0 spiro atoms. The average molecular weight is 363 g/mol. The van der Waals surface area contributed by atoms with Crippen molar-refractivity contribution >= 4 is 40.7 Å². The van der Waals surface area contributed by atoms with Crippen LogP contribution in [0.1, 0.15) is 12.0 Å². The van der Waals surface area contributed by atoms with E-state index in [4.69, 9.17) is 23.2 Å². The lowest BCUT2D eigenvalue weighted by atomic mass is 10.2. The molecule has 2 amide bonds. The molecular weight excluding hydrogens is 347 g/mol. The number of hydrogen-bond acceptors (Lipinski definition) is 2. The van der Waals surface area contributed by atoms with Crippen molar-refractivity contribution in [3.8, 4) is 0 Å². The van der Waals surface area contributed by atoms with Crippen molar-refractivity contribution in [1.82, 2.24) is 5.32 Å². The minimum Gasteiger partial charge on any atom is -0.352 e. The van der Waals surface area contributed by atoms with Crippen LogP contribution >= 0.6 is 23.2 Å². The average Bonchev–Trinajstić information content (AvgIpc) is 3.35. The van der Waals surface area contributed by atoms with Gasteiger partial charge in [0.25, 0.3) is 0 Å². The Hall–Kier alpha value is -2.04. The van der Waals surface area contributed by atoms with E-state index in [1.54, 1.807) is 30.3 Å². The molecule has 2 unspecified atom stereocenters. The Morgan fingerprint density at radius 2 is 1.75 bits per heavy atom. The molecule has 1 aliphatic rings. The zero-order valence-electron chi connectivity index (χ0n) is 12.8. The Morgan fingerprint density at radius 3 is 2.50 bits per heavy atom. The highest BCUT2D eigenvalue weighted by molar-refractivity contribution is 6.31. The van der Waals surface area contributed by atoms with Crippen LogP contribution in [0.4, 0.5) is 5.69 Å². The molecule has 2 aromatic carbocycles. The summed E-state index contributed by atoms with van der Waals surface area (Å²) in [5, 5.41) is 6.79. The van der Waals surface area contributed by atoms with Gasteiger partial charge in [0.1, 0.15) is 0 Å². The van der Waals surface area contributed by atoms with Gasteiger partial charge < -0.3 is 10.6 Å². The molecule has 0 aromatic heterocycles. The van der Waals surface area contributed by atoms with E-state index in [0.29, 0.717) is 28.7 Å². The summed E-state index contributed by atoms with van der Waals surface area (Å²) < 4.78 is 0. The van der Waals surface area contributed by atoms with Gasteiger partial charge in [0.2, 0.25) is 11.8 Å². The first kappa shape index (κ1) is 16.8. The van der Waals surface area contributed by atoms with Crippen molar-refractivity contribution in [3.63, 3.8) is 0 Å². The second-order valence-electron chi connectivity index (χ2n) is 5.76. The van der Waals surface area contributed by atoms with Gasteiger partial charge in [-0.25, -0.2) is 0 Å². The van der Waals surface area contributed by atoms with Gasteiger partial charge in [-0.1, -0.05) is 47.5 Å². The number of benzene rings is 2. The fourth-order valence-electron chi connectivity index (χ4n) is 2.53. The zero-order chi connectivity index (χ0) is 17.1. The summed E-state index contributed by atoms with van der Waals surface area (Å²) in [5.41, 5.74) is 1.49. The predicted molar refractivity (Wildman–Crippen MR) is 95.0 cm³/mol. The molecule has 3 rings (SSSR count). The quantitative estimate of drug-likeness (QED) is 0.847. The largest absolute Gasteiger partial charge is 0.352 e. The molecule has 0 aliphatic heterocycles. The zero-order valence-corrected chi connectivity index (χ0v) is 14.3. The molecule has 2 aromatic rings. The molecular formula is C18H16Cl2N2O2. The highest BCUT2D eigenvalue weighted by atomic mass is 35.5. The molecule has 0 radical (unpaired) electrons. The molecule has 2 N–H and O–H groups in total. The van der Waals surface area contributed by atoms with Gasteiger partial charge in [0, 0.05) is 22.3 Å². The molecule has 0 bridgehead atoms. The van der Waals surface area contributed by atoms with E-state index in [2.05, 4.69) is 10.6 Å². The number of rotatable bonds is 5. The Balaban J connectivity index is 1.50. The molecule has 24 heavy (non-hydrogen) atoms. The Kier molecular flexibility index (Phi) is 5.07. The third-order valence-corrected chi connectivity index (χ3v) is 4.57. The van der Waals surface area contributed by atoms with Crippen molar-refractivity contribution in [2.24, 2.45) is 11.8 Å². The van der Waals surface area contributed by atoms with Gasteiger partial charge in [-0.15, -0.1) is 0 Å². The van der Waals surface area contributed by atoms with Crippen molar-refractivity contribution in [3.05, 3.63) is 64.1 Å². The van der Waals surface area contributed by atoms with Gasteiger partial charge in [-0.3, -0.25) is 9.59 Å². The van der Waals surface area contributed by atoms with E-state index in [9.17, 15) is 9.59 Å². The molecule has 2 atom stereocenters. The van der Waals surface area contributed by atoms with Crippen LogP contribution in [0.5, 0.6) is 0 Å². The minimum absolute atomic E-state index is 0.124. The number of carbonyl (C=O) groups excluding carboxylic acids is 2. The van der Waals surface area contributed by atoms with Crippen LogP contribution in [0.15, 0.2) is 48.5 Å². The van der Waals surface area contributed by atoms with Gasteiger partial charge >= 0.3 is 0 Å². The van der Waals surface area contributed by atoms with Crippen LogP contribution in [0.25, 0.3) is 0 Å². The number of carbonyl (C=O) groups is 2. The fraction of sp³-hybridized carbons (Fsp3) is 0.222. The number of nitrogens with one attached hydrogen (secondary N) is 2.